The Morgan fingerprint density at radius 3 is 3.00 bits per heavy atom. The summed E-state index contributed by atoms with van der Waals surface area (Å²) in [5.41, 5.74) is 0. The van der Waals surface area contributed by atoms with Crippen LogP contribution in [0, 0.1) is 0 Å². The van der Waals surface area contributed by atoms with Crippen molar-refractivity contribution in [3.05, 3.63) is 12.7 Å². The smallest absolute Gasteiger partial charge is 0.246 e. The van der Waals surface area contributed by atoms with Gasteiger partial charge in [0.1, 0.15) is 0 Å². The molecule has 12 heavy (non-hydrogen) atoms. The number of amides is 1. The number of nitrogens with zero attached hydrogens (tertiary/aromatic N) is 1. The van der Waals surface area contributed by atoms with Crippen LogP contribution in [0.3, 0.4) is 0 Å². The maximum Gasteiger partial charge on any atom is 0.246 e. The molecule has 1 saturated heterocycles. The number of carbonyl (C=O) groups excluding carboxylic acids is 1. The van der Waals surface area contributed by atoms with Gasteiger partial charge < -0.3 is 0 Å². The van der Waals surface area contributed by atoms with E-state index in [-0.39, 0.29) is 11.9 Å². The second kappa shape index (κ2) is 4.26. The van der Waals surface area contributed by atoms with E-state index in [0.29, 0.717) is 6.42 Å². The van der Waals surface area contributed by atoms with Gasteiger partial charge in [0.25, 0.3) is 0 Å². The molecule has 0 aromatic heterocycles. The van der Waals surface area contributed by atoms with Crippen LogP contribution >= 0.6 is 0 Å². The van der Waals surface area contributed by atoms with E-state index in [9.17, 15) is 4.79 Å². The molecule has 1 aliphatic rings. The lowest BCUT2D eigenvalue weighted by molar-refractivity contribution is -0.182. The fourth-order valence-electron chi connectivity index (χ4n) is 1.49. The van der Waals surface area contributed by atoms with Gasteiger partial charge in [0.15, 0.2) is 0 Å². The first-order chi connectivity index (χ1) is 5.79. The van der Waals surface area contributed by atoms with Crippen LogP contribution in [0.2, 0.25) is 0 Å². The molecule has 1 heterocycles. The molecular weight excluding hydrogens is 154 g/mol. The van der Waals surface area contributed by atoms with Gasteiger partial charge in [0, 0.05) is 6.42 Å². The highest BCUT2D eigenvalue weighted by Gasteiger charge is 2.23. The van der Waals surface area contributed by atoms with Gasteiger partial charge in [0.2, 0.25) is 5.91 Å². The fraction of sp³-hybridized carbons (Fsp3) is 0.667. The Bertz CT molecular complexity index is 179. The van der Waals surface area contributed by atoms with Gasteiger partial charge in [-0.3, -0.25) is 9.63 Å². The first kappa shape index (κ1) is 9.26. The number of hydrogen-bond donors (Lipinski definition) is 0. The van der Waals surface area contributed by atoms with Gasteiger partial charge >= 0.3 is 0 Å². The third kappa shape index (κ3) is 1.85. The number of rotatable bonds is 2. The summed E-state index contributed by atoms with van der Waals surface area (Å²) in [5.74, 6) is 0.0694. The normalized spacial score (nSPS) is 25.2. The standard InChI is InChI=1S/C9H15NO2/c1-3-8-6-4-5-7-9(11)10(8)12-2/h3,8H,1,4-7H2,2H3/t8-/m1/s1. The van der Waals surface area contributed by atoms with Crippen LogP contribution in [0.4, 0.5) is 0 Å². The summed E-state index contributed by atoms with van der Waals surface area (Å²) >= 11 is 0. The zero-order valence-corrected chi connectivity index (χ0v) is 7.45. The molecule has 3 heteroatoms. The molecule has 1 fully saturated rings. The summed E-state index contributed by atoms with van der Waals surface area (Å²) in [6.07, 6.45) is 5.36. The van der Waals surface area contributed by atoms with Crippen molar-refractivity contribution in [1.82, 2.24) is 5.06 Å². The third-order valence-electron chi connectivity index (χ3n) is 2.16. The Kier molecular flexibility index (Phi) is 3.29. The first-order valence-corrected chi connectivity index (χ1v) is 4.28. The maximum absolute atomic E-state index is 11.4. The van der Waals surface area contributed by atoms with Crippen molar-refractivity contribution in [3.63, 3.8) is 0 Å². The van der Waals surface area contributed by atoms with Gasteiger partial charge in [-0.15, -0.1) is 6.58 Å². The maximum atomic E-state index is 11.4. The SMILES string of the molecule is C=C[C@@H]1CCCCC(=O)N1OC. The summed E-state index contributed by atoms with van der Waals surface area (Å²) < 4.78 is 0. The number of hydroxylamine groups is 2. The van der Waals surface area contributed by atoms with Gasteiger partial charge in [-0.1, -0.05) is 12.5 Å². The van der Waals surface area contributed by atoms with Crippen LogP contribution in [0.1, 0.15) is 25.7 Å². The number of hydrogen-bond acceptors (Lipinski definition) is 2. The molecule has 0 saturated carbocycles. The molecule has 0 aromatic carbocycles. The minimum absolute atomic E-state index is 0.0602. The Hall–Kier alpha value is -0.830. The summed E-state index contributed by atoms with van der Waals surface area (Å²) in [6.45, 7) is 3.68. The quantitative estimate of drug-likeness (QED) is 0.586. The van der Waals surface area contributed by atoms with E-state index >= 15 is 0 Å². The van der Waals surface area contributed by atoms with Crippen LogP contribution in [0.15, 0.2) is 12.7 Å². The Labute approximate surface area is 73.0 Å². The molecule has 1 aliphatic heterocycles. The Morgan fingerprint density at radius 2 is 2.42 bits per heavy atom. The minimum atomic E-state index is 0.0602. The molecule has 0 spiro atoms. The Morgan fingerprint density at radius 1 is 1.67 bits per heavy atom. The molecule has 1 atom stereocenters. The van der Waals surface area contributed by atoms with E-state index in [1.165, 1.54) is 12.2 Å². The van der Waals surface area contributed by atoms with Crippen LogP contribution in [-0.4, -0.2) is 24.1 Å². The molecule has 0 radical (unpaired) electrons. The molecule has 3 nitrogen and oxygen atoms in total. The van der Waals surface area contributed by atoms with Crippen molar-refractivity contribution in [3.8, 4) is 0 Å². The number of carbonyl (C=O) groups is 1. The van der Waals surface area contributed by atoms with Gasteiger partial charge in [-0.25, -0.2) is 5.06 Å². The van der Waals surface area contributed by atoms with Crippen molar-refractivity contribution in [2.45, 2.75) is 31.7 Å². The molecule has 0 unspecified atom stereocenters. The predicted molar refractivity (Wildman–Crippen MR) is 46.3 cm³/mol. The highest BCUT2D eigenvalue weighted by molar-refractivity contribution is 5.75. The first-order valence-electron chi connectivity index (χ1n) is 4.28. The topological polar surface area (TPSA) is 29.5 Å². The van der Waals surface area contributed by atoms with Crippen molar-refractivity contribution < 1.29 is 9.63 Å². The van der Waals surface area contributed by atoms with Gasteiger partial charge in [-0.2, -0.15) is 0 Å². The van der Waals surface area contributed by atoms with Crippen LogP contribution in [-0.2, 0) is 9.63 Å². The highest BCUT2D eigenvalue weighted by atomic mass is 16.7. The third-order valence-corrected chi connectivity index (χ3v) is 2.16. The average Bonchev–Trinajstić information content (AvgIpc) is 2.26. The largest absolute Gasteiger partial charge is 0.274 e. The molecule has 0 N–H and O–H groups in total. The van der Waals surface area contributed by atoms with Crippen molar-refractivity contribution in [2.24, 2.45) is 0 Å². The minimum Gasteiger partial charge on any atom is -0.274 e. The monoisotopic (exact) mass is 169 g/mol. The summed E-state index contributed by atoms with van der Waals surface area (Å²) in [7, 11) is 1.53. The lowest BCUT2D eigenvalue weighted by Crippen LogP contribution is -2.36. The van der Waals surface area contributed by atoms with E-state index in [4.69, 9.17) is 4.84 Å². The molecule has 68 valence electrons. The van der Waals surface area contributed by atoms with Crippen molar-refractivity contribution >= 4 is 5.91 Å². The van der Waals surface area contributed by atoms with E-state index in [1.807, 2.05) is 0 Å². The van der Waals surface area contributed by atoms with E-state index in [1.54, 1.807) is 6.08 Å². The summed E-state index contributed by atoms with van der Waals surface area (Å²) in [5, 5.41) is 1.43. The second-order valence-electron chi connectivity index (χ2n) is 2.95. The van der Waals surface area contributed by atoms with Crippen LogP contribution < -0.4 is 0 Å². The zero-order valence-electron chi connectivity index (χ0n) is 7.45. The second-order valence-corrected chi connectivity index (χ2v) is 2.95. The van der Waals surface area contributed by atoms with Gasteiger partial charge in [-0.05, 0) is 12.8 Å². The van der Waals surface area contributed by atoms with E-state index in [2.05, 4.69) is 6.58 Å². The molecule has 0 aliphatic carbocycles. The summed E-state index contributed by atoms with van der Waals surface area (Å²) in [4.78, 5) is 16.4. The lowest BCUT2D eigenvalue weighted by Gasteiger charge is -2.24. The van der Waals surface area contributed by atoms with Crippen molar-refractivity contribution in [2.75, 3.05) is 7.11 Å². The van der Waals surface area contributed by atoms with Gasteiger partial charge in [0.05, 0.1) is 13.2 Å². The molecule has 1 rings (SSSR count). The zero-order chi connectivity index (χ0) is 8.97. The molecular formula is C9H15NO2. The van der Waals surface area contributed by atoms with Crippen LogP contribution in [0.5, 0.6) is 0 Å². The van der Waals surface area contributed by atoms with E-state index in [0.717, 1.165) is 19.3 Å². The fourth-order valence-corrected chi connectivity index (χ4v) is 1.49. The van der Waals surface area contributed by atoms with Crippen LogP contribution in [0.25, 0.3) is 0 Å². The summed E-state index contributed by atoms with van der Waals surface area (Å²) in [6, 6.07) is 0.0602. The van der Waals surface area contributed by atoms with E-state index < -0.39 is 0 Å². The van der Waals surface area contributed by atoms with Crippen molar-refractivity contribution in [1.29, 1.82) is 0 Å². The lowest BCUT2D eigenvalue weighted by atomic mass is 10.1. The molecule has 1 amide bonds. The molecule has 0 aromatic rings. The average molecular weight is 169 g/mol. The highest BCUT2D eigenvalue weighted by Crippen LogP contribution is 2.18. The Balaban J connectivity index is 2.68. The molecule has 0 bridgehead atoms. The predicted octanol–water partition coefficient (Wildman–Crippen LogP) is 1.50.